The van der Waals surface area contributed by atoms with Crippen LogP contribution in [0.25, 0.3) is 10.9 Å². The maximum absolute atomic E-state index is 12.2. The first-order valence-corrected chi connectivity index (χ1v) is 6.26. The average molecular weight is 310 g/mol. The molecule has 1 heterocycles. The minimum atomic E-state index is -0.222. The molecule has 1 aromatic carbocycles. The predicted octanol–water partition coefficient (Wildman–Crippen LogP) is 2.38. The van der Waals surface area contributed by atoms with Crippen LogP contribution >= 0.6 is 15.9 Å². The van der Waals surface area contributed by atoms with Crippen LogP contribution in [-0.4, -0.2) is 22.2 Å². The van der Waals surface area contributed by atoms with Crippen LogP contribution in [0.1, 0.15) is 13.8 Å². The molecule has 0 radical (unpaired) electrons. The molecule has 0 saturated carbocycles. The van der Waals surface area contributed by atoms with Gasteiger partial charge in [-0.05, 0) is 25.1 Å². The third-order valence-electron chi connectivity index (χ3n) is 2.31. The lowest BCUT2D eigenvalue weighted by Crippen LogP contribution is -2.18. The van der Waals surface area contributed by atoms with Gasteiger partial charge in [-0.15, -0.1) is 5.10 Å². The van der Waals surface area contributed by atoms with E-state index in [4.69, 9.17) is 4.74 Å². The van der Waals surface area contributed by atoms with Crippen molar-refractivity contribution in [3.63, 3.8) is 0 Å². The molecule has 0 bridgehead atoms. The Balaban J connectivity index is 2.57. The van der Waals surface area contributed by atoms with Crippen LogP contribution in [0.2, 0.25) is 0 Å². The lowest BCUT2D eigenvalue weighted by Gasteiger charge is -2.04. The van der Waals surface area contributed by atoms with Crippen molar-refractivity contribution in [1.29, 1.82) is 0 Å². The van der Waals surface area contributed by atoms with E-state index in [1.807, 2.05) is 13.0 Å². The van der Waals surface area contributed by atoms with E-state index in [1.54, 1.807) is 19.1 Å². The predicted molar refractivity (Wildman–Crippen MR) is 73.8 cm³/mol. The van der Waals surface area contributed by atoms with Crippen molar-refractivity contribution >= 4 is 32.7 Å². The Morgan fingerprint density at radius 3 is 3.06 bits per heavy atom. The quantitative estimate of drug-likeness (QED) is 0.632. The summed E-state index contributed by atoms with van der Waals surface area (Å²) in [6.07, 6.45) is 1.39. The summed E-state index contributed by atoms with van der Waals surface area (Å²) < 4.78 is 7.20. The first-order valence-electron chi connectivity index (χ1n) is 5.47. The summed E-state index contributed by atoms with van der Waals surface area (Å²) >= 11 is 3.33. The van der Waals surface area contributed by atoms with Crippen LogP contribution in [-0.2, 0) is 4.74 Å². The average Bonchev–Trinajstić information content (AvgIpc) is 2.34. The van der Waals surface area contributed by atoms with Crippen molar-refractivity contribution in [3.8, 4) is 0 Å². The molecule has 0 saturated heterocycles. The van der Waals surface area contributed by atoms with Gasteiger partial charge in [-0.25, -0.2) is 4.98 Å². The van der Waals surface area contributed by atoms with Gasteiger partial charge in [0.1, 0.15) is 6.33 Å². The van der Waals surface area contributed by atoms with Crippen molar-refractivity contribution in [2.75, 3.05) is 6.61 Å². The Labute approximate surface area is 112 Å². The minimum Gasteiger partial charge on any atom is -0.480 e. The standard InChI is InChI=1S/C12H12BrN3O2/c1-3-18-8(2)15-16-7-14-11-5-4-9(13)6-10(11)12(16)17/h4-7H,3H2,1-2H3/b15-8+. The molecule has 0 atom stereocenters. The number of halogens is 1. The number of ether oxygens (including phenoxy) is 1. The molecular weight excluding hydrogens is 298 g/mol. The number of rotatable bonds is 2. The SMILES string of the molecule is CCO/C(C)=N/n1cnc2ccc(Br)cc2c1=O. The second-order valence-electron chi connectivity index (χ2n) is 3.61. The number of aromatic nitrogens is 2. The lowest BCUT2D eigenvalue weighted by atomic mass is 10.2. The summed E-state index contributed by atoms with van der Waals surface area (Å²) in [5.74, 6) is 0.427. The third kappa shape index (κ3) is 2.59. The van der Waals surface area contributed by atoms with E-state index in [1.165, 1.54) is 11.0 Å². The molecule has 6 heteroatoms. The number of nitrogens with zero attached hydrogens (tertiary/aromatic N) is 3. The molecule has 0 N–H and O–H groups in total. The van der Waals surface area contributed by atoms with Gasteiger partial charge in [0.05, 0.1) is 17.5 Å². The first-order chi connectivity index (χ1) is 8.61. The van der Waals surface area contributed by atoms with E-state index >= 15 is 0 Å². The number of hydrogen-bond donors (Lipinski definition) is 0. The second kappa shape index (κ2) is 5.30. The highest BCUT2D eigenvalue weighted by Gasteiger charge is 2.04. The zero-order valence-corrected chi connectivity index (χ0v) is 11.6. The molecule has 2 aromatic rings. The Hall–Kier alpha value is -1.69. The van der Waals surface area contributed by atoms with Gasteiger partial charge < -0.3 is 4.74 Å². The topological polar surface area (TPSA) is 56.5 Å². The molecule has 94 valence electrons. The lowest BCUT2D eigenvalue weighted by molar-refractivity contribution is 0.321. The maximum atomic E-state index is 12.2. The van der Waals surface area contributed by atoms with Crippen LogP contribution in [0, 0.1) is 0 Å². The molecule has 0 unspecified atom stereocenters. The largest absolute Gasteiger partial charge is 0.480 e. The Kier molecular flexibility index (Phi) is 3.76. The van der Waals surface area contributed by atoms with E-state index < -0.39 is 0 Å². The van der Waals surface area contributed by atoms with Crippen LogP contribution < -0.4 is 5.56 Å². The van der Waals surface area contributed by atoms with Gasteiger partial charge in [0.2, 0.25) is 5.90 Å². The number of fused-ring (bicyclic) bond motifs is 1. The molecule has 0 aliphatic heterocycles. The molecule has 0 aliphatic carbocycles. The third-order valence-corrected chi connectivity index (χ3v) is 2.80. The minimum absolute atomic E-state index is 0.222. The van der Waals surface area contributed by atoms with E-state index in [-0.39, 0.29) is 5.56 Å². The highest BCUT2D eigenvalue weighted by molar-refractivity contribution is 9.10. The molecule has 2 rings (SSSR count). The fraction of sp³-hybridized carbons (Fsp3) is 0.250. The van der Waals surface area contributed by atoms with Gasteiger partial charge >= 0.3 is 0 Å². The molecule has 0 spiro atoms. The fourth-order valence-corrected chi connectivity index (χ4v) is 1.91. The van der Waals surface area contributed by atoms with Crippen LogP contribution in [0.5, 0.6) is 0 Å². The van der Waals surface area contributed by atoms with E-state index in [9.17, 15) is 4.79 Å². The molecule has 1 aromatic heterocycles. The van der Waals surface area contributed by atoms with Gasteiger partial charge in [-0.3, -0.25) is 4.79 Å². The van der Waals surface area contributed by atoms with E-state index in [2.05, 4.69) is 26.0 Å². The highest BCUT2D eigenvalue weighted by atomic mass is 79.9. The summed E-state index contributed by atoms with van der Waals surface area (Å²) in [7, 11) is 0. The molecule has 5 nitrogen and oxygen atoms in total. The Morgan fingerprint density at radius 1 is 1.56 bits per heavy atom. The summed E-state index contributed by atoms with van der Waals surface area (Å²) in [5, 5.41) is 4.56. The molecular formula is C12H12BrN3O2. The van der Waals surface area contributed by atoms with Crippen molar-refractivity contribution in [2.45, 2.75) is 13.8 Å². The highest BCUT2D eigenvalue weighted by Crippen LogP contribution is 2.14. The van der Waals surface area contributed by atoms with Crippen molar-refractivity contribution in [3.05, 3.63) is 39.4 Å². The van der Waals surface area contributed by atoms with Crippen LogP contribution in [0.4, 0.5) is 0 Å². The van der Waals surface area contributed by atoms with Crippen LogP contribution in [0.15, 0.2) is 38.9 Å². The normalized spacial score (nSPS) is 11.8. The van der Waals surface area contributed by atoms with Gasteiger partial charge in [0.25, 0.3) is 5.56 Å². The van der Waals surface area contributed by atoms with Crippen LogP contribution in [0.3, 0.4) is 0 Å². The van der Waals surface area contributed by atoms with Gasteiger partial charge in [-0.2, -0.15) is 4.68 Å². The number of benzene rings is 1. The monoisotopic (exact) mass is 309 g/mol. The Bertz CT molecular complexity index is 664. The fourth-order valence-electron chi connectivity index (χ4n) is 1.55. The maximum Gasteiger partial charge on any atom is 0.281 e. The Morgan fingerprint density at radius 2 is 2.33 bits per heavy atom. The summed E-state index contributed by atoms with van der Waals surface area (Å²) in [6.45, 7) is 4.06. The van der Waals surface area contributed by atoms with Gasteiger partial charge in [-0.1, -0.05) is 15.9 Å². The summed E-state index contributed by atoms with van der Waals surface area (Å²) in [6, 6.07) is 5.35. The number of hydrogen-bond acceptors (Lipinski definition) is 4. The van der Waals surface area contributed by atoms with Crippen molar-refractivity contribution in [1.82, 2.24) is 9.66 Å². The second-order valence-corrected chi connectivity index (χ2v) is 4.52. The van der Waals surface area contributed by atoms with Crippen molar-refractivity contribution < 1.29 is 4.74 Å². The summed E-state index contributed by atoms with van der Waals surface area (Å²) in [4.78, 5) is 16.3. The van der Waals surface area contributed by atoms with E-state index in [0.717, 1.165) is 4.47 Å². The molecule has 18 heavy (non-hydrogen) atoms. The first kappa shape index (κ1) is 12.8. The zero-order chi connectivity index (χ0) is 13.1. The molecule has 0 aliphatic rings. The van der Waals surface area contributed by atoms with Gasteiger partial charge in [0, 0.05) is 11.4 Å². The van der Waals surface area contributed by atoms with Gasteiger partial charge in [0.15, 0.2) is 0 Å². The molecule has 0 fully saturated rings. The summed E-state index contributed by atoms with van der Waals surface area (Å²) in [5.41, 5.74) is 0.420. The van der Waals surface area contributed by atoms with E-state index in [0.29, 0.717) is 23.4 Å². The smallest absolute Gasteiger partial charge is 0.281 e. The zero-order valence-electron chi connectivity index (χ0n) is 10.1. The molecule has 0 amide bonds. The van der Waals surface area contributed by atoms with Crippen molar-refractivity contribution in [2.24, 2.45) is 5.10 Å².